The minimum atomic E-state index is -0.348. The first-order valence-corrected chi connectivity index (χ1v) is 10.9. The van der Waals surface area contributed by atoms with Crippen LogP contribution in [0.3, 0.4) is 0 Å². The number of anilines is 1. The Kier molecular flexibility index (Phi) is 6.27. The number of urea groups is 1. The third-order valence-electron chi connectivity index (χ3n) is 5.26. The van der Waals surface area contributed by atoms with E-state index in [9.17, 15) is 14.0 Å². The number of aromatic nitrogens is 1. The fraction of sp³-hybridized carbons (Fsp3) is 0.261. The summed E-state index contributed by atoms with van der Waals surface area (Å²) in [6.07, 6.45) is 2.44. The fourth-order valence-electron chi connectivity index (χ4n) is 3.60. The molecule has 3 amide bonds. The van der Waals surface area contributed by atoms with E-state index in [1.807, 2.05) is 36.4 Å². The number of hydrogen-bond acceptors (Lipinski definition) is 4. The van der Waals surface area contributed by atoms with Crippen molar-refractivity contribution in [1.82, 2.24) is 15.2 Å². The highest BCUT2D eigenvalue weighted by molar-refractivity contribution is 7.15. The van der Waals surface area contributed by atoms with Gasteiger partial charge in [-0.05, 0) is 29.7 Å². The standard InChI is InChI=1S/C23H23FN4O2S/c1-15-7-8-16(12-19(15)24)11-18-14-26-22(31-18)27-23(30)28-10-9-25-21(29)13-20(28)17-5-3-2-4-6-17/h2-8,12,14,20H,9-11,13H2,1H3,(H,25,29)(H,26,27,30)/t20-/m0/s1. The van der Waals surface area contributed by atoms with E-state index in [0.717, 1.165) is 16.0 Å². The molecule has 2 N–H and O–H groups in total. The molecular formula is C23H23FN4O2S. The number of carbonyl (C=O) groups excluding carboxylic acids is 2. The molecule has 1 atom stereocenters. The predicted octanol–water partition coefficient (Wildman–Crippen LogP) is 4.28. The van der Waals surface area contributed by atoms with Gasteiger partial charge in [0, 0.05) is 30.6 Å². The predicted molar refractivity (Wildman–Crippen MR) is 119 cm³/mol. The number of amides is 3. The van der Waals surface area contributed by atoms with Crippen LogP contribution in [0.4, 0.5) is 14.3 Å². The molecule has 160 valence electrons. The van der Waals surface area contributed by atoms with Crippen molar-refractivity contribution in [1.29, 1.82) is 0 Å². The second-order valence-corrected chi connectivity index (χ2v) is 8.61. The number of halogens is 1. The molecule has 4 rings (SSSR count). The molecule has 8 heteroatoms. The number of thiazole rings is 1. The lowest BCUT2D eigenvalue weighted by atomic mass is 10.0. The Balaban J connectivity index is 1.47. The first kappa shape index (κ1) is 21.0. The van der Waals surface area contributed by atoms with Gasteiger partial charge in [0.05, 0.1) is 12.5 Å². The normalized spacial score (nSPS) is 16.5. The van der Waals surface area contributed by atoms with Crippen molar-refractivity contribution in [2.75, 3.05) is 18.4 Å². The Morgan fingerprint density at radius 2 is 2.10 bits per heavy atom. The van der Waals surface area contributed by atoms with Gasteiger partial charge in [-0.3, -0.25) is 10.1 Å². The first-order chi connectivity index (χ1) is 15.0. The van der Waals surface area contributed by atoms with E-state index >= 15 is 0 Å². The smallest absolute Gasteiger partial charge is 0.324 e. The summed E-state index contributed by atoms with van der Waals surface area (Å²) in [7, 11) is 0. The topological polar surface area (TPSA) is 74.3 Å². The molecule has 1 saturated heterocycles. The summed E-state index contributed by atoms with van der Waals surface area (Å²) in [5.41, 5.74) is 2.38. The van der Waals surface area contributed by atoms with Crippen LogP contribution in [0.15, 0.2) is 54.7 Å². The van der Waals surface area contributed by atoms with Crippen LogP contribution < -0.4 is 10.6 Å². The molecule has 3 aromatic rings. The van der Waals surface area contributed by atoms with Gasteiger partial charge in [0.25, 0.3) is 0 Å². The maximum atomic E-state index is 13.8. The maximum Gasteiger partial charge on any atom is 0.324 e. The molecule has 0 unspecified atom stereocenters. The average molecular weight is 439 g/mol. The Morgan fingerprint density at radius 3 is 2.87 bits per heavy atom. The van der Waals surface area contributed by atoms with Gasteiger partial charge in [0.1, 0.15) is 5.82 Å². The Morgan fingerprint density at radius 1 is 1.29 bits per heavy atom. The highest BCUT2D eigenvalue weighted by atomic mass is 32.1. The summed E-state index contributed by atoms with van der Waals surface area (Å²) in [6.45, 7) is 2.53. The van der Waals surface area contributed by atoms with Crippen LogP contribution in [0.25, 0.3) is 0 Å². The molecule has 0 aliphatic carbocycles. The Bertz CT molecular complexity index is 1090. The van der Waals surface area contributed by atoms with E-state index < -0.39 is 0 Å². The molecule has 0 bridgehead atoms. The Hall–Kier alpha value is -3.26. The second-order valence-electron chi connectivity index (χ2n) is 7.50. The van der Waals surface area contributed by atoms with Gasteiger partial charge in [-0.2, -0.15) is 0 Å². The maximum absolute atomic E-state index is 13.8. The number of aryl methyl sites for hydroxylation is 1. The van der Waals surface area contributed by atoms with E-state index in [1.165, 1.54) is 17.4 Å². The molecule has 2 aromatic carbocycles. The van der Waals surface area contributed by atoms with E-state index in [0.29, 0.717) is 30.2 Å². The van der Waals surface area contributed by atoms with Crippen LogP contribution >= 0.6 is 11.3 Å². The number of benzene rings is 2. The Labute approximate surface area is 184 Å². The third-order valence-corrected chi connectivity index (χ3v) is 6.17. The summed E-state index contributed by atoms with van der Waals surface area (Å²) in [5, 5.41) is 6.17. The molecule has 0 spiro atoms. The highest BCUT2D eigenvalue weighted by Gasteiger charge is 2.30. The molecule has 6 nitrogen and oxygen atoms in total. The minimum Gasteiger partial charge on any atom is -0.354 e. The van der Waals surface area contributed by atoms with Gasteiger partial charge >= 0.3 is 6.03 Å². The second kappa shape index (κ2) is 9.26. The minimum absolute atomic E-state index is 0.0778. The third kappa shape index (κ3) is 5.08. The van der Waals surface area contributed by atoms with Crippen molar-refractivity contribution in [3.05, 3.63) is 82.1 Å². The average Bonchev–Trinajstić information content (AvgIpc) is 3.09. The van der Waals surface area contributed by atoms with Gasteiger partial charge < -0.3 is 10.2 Å². The van der Waals surface area contributed by atoms with Crippen molar-refractivity contribution < 1.29 is 14.0 Å². The van der Waals surface area contributed by atoms with Gasteiger partial charge in [-0.1, -0.05) is 42.5 Å². The SMILES string of the molecule is Cc1ccc(Cc2cnc(NC(=O)N3CCNC(=O)C[C@H]3c3ccccc3)s2)cc1F. The van der Waals surface area contributed by atoms with Crippen LogP contribution in [0.2, 0.25) is 0 Å². The fourth-order valence-corrected chi connectivity index (χ4v) is 4.44. The van der Waals surface area contributed by atoms with Crippen molar-refractivity contribution >= 4 is 28.4 Å². The molecule has 1 aromatic heterocycles. The van der Waals surface area contributed by atoms with Gasteiger partial charge in [0.2, 0.25) is 5.91 Å². The van der Waals surface area contributed by atoms with Gasteiger partial charge in [-0.15, -0.1) is 11.3 Å². The molecule has 1 fully saturated rings. The zero-order valence-electron chi connectivity index (χ0n) is 17.1. The van der Waals surface area contributed by atoms with Crippen LogP contribution in [0, 0.1) is 12.7 Å². The van der Waals surface area contributed by atoms with E-state index in [4.69, 9.17) is 0 Å². The highest BCUT2D eigenvalue weighted by Crippen LogP contribution is 2.28. The molecular weight excluding hydrogens is 415 g/mol. The monoisotopic (exact) mass is 438 g/mol. The summed E-state index contributed by atoms with van der Waals surface area (Å²) in [4.78, 5) is 32.1. The van der Waals surface area contributed by atoms with Gasteiger partial charge in [-0.25, -0.2) is 14.2 Å². The van der Waals surface area contributed by atoms with Crippen LogP contribution in [0.5, 0.6) is 0 Å². The van der Waals surface area contributed by atoms with E-state index in [2.05, 4.69) is 15.6 Å². The molecule has 1 aliphatic rings. The number of nitrogens with one attached hydrogen (secondary N) is 2. The number of carbonyl (C=O) groups is 2. The van der Waals surface area contributed by atoms with E-state index in [-0.39, 0.29) is 30.2 Å². The zero-order chi connectivity index (χ0) is 21.8. The molecule has 1 aliphatic heterocycles. The van der Waals surface area contributed by atoms with Crippen LogP contribution in [-0.2, 0) is 11.2 Å². The lowest BCUT2D eigenvalue weighted by molar-refractivity contribution is -0.121. The summed E-state index contributed by atoms with van der Waals surface area (Å²) >= 11 is 1.36. The molecule has 31 heavy (non-hydrogen) atoms. The van der Waals surface area contributed by atoms with Gasteiger partial charge in [0.15, 0.2) is 5.13 Å². The lowest BCUT2D eigenvalue weighted by Crippen LogP contribution is -2.39. The molecule has 2 heterocycles. The number of rotatable bonds is 4. The molecule has 0 radical (unpaired) electrons. The zero-order valence-corrected chi connectivity index (χ0v) is 17.9. The van der Waals surface area contributed by atoms with Crippen molar-refractivity contribution in [3.8, 4) is 0 Å². The van der Waals surface area contributed by atoms with Crippen LogP contribution in [0.1, 0.15) is 34.0 Å². The number of nitrogens with zero attached hydrogens (tertiary/aromatic N) is 2. The summed E-state index contributed by atoms with van der Waals surface area (Å²) in [5.74, 6) is -0.308. The quantitative estimate of drug-likeness (QED) is 0.639. The first-order valence-electron chi connectivity index (χ1n) is 10.1. The largest absolute Gasteiger partial charge is 0.354 e. The van der Waals surface area contributed by atoms with Crippen molar-refractivity contribution in [2.24, 2.45) is 0 Å². The van der Waals surface area contributed by atoms with E-state index in [1.54, 1.807) is 24.1 Å². The van der Waals surface area contributed by atoms with Crippen LogP contribution in [-0.4, -0.2) is 34.9 Å². The number of hydrogen-bond donors (Lipinski definition) is 2. The lowest BCUT2D eigenvalue weighted by Gasteiger charge is -2.29. The van der Waals surface area contributed by atoms with Crippen molar-refractivity contribution in [3.63, 3.8) is 0 Å². The summed E-state index contributed by atoms with van der Waals surface area (Å²) in [6, 6.07) is 14.1. The summed E-state index contributed by atoms with van der Waals surface area (Å²) < 4.78 is 13.8. The van der Waals surface area contributed by atoms with Crippen molar-refractivity contribution in [2.45, 2.75) is 25.8 Å². The molecule has 0 saturated carbocycles.